The van der Waals surface area contributed by atoms with Gasteiger partial charge in [-0.2, -0.15) is 0 Å². The highest BCUT2D eigenvalue weighted by Gasteiger charge is 2.24. The van der Waals surface area contributed by atoms with Crippen LogP contribution in [0.15, 0.2) is 30.0 Å². The molecule has 1 atom stereocenters. The molecular formula is C20H29N3O. The van der Waals surface area contributed by atoms with Crippen molar-refractivity contribution in [3.63, 3.8) is 0 Å². The average molecular weight is 327 g/mol. The number of benzene rings is 1. The maximum absolute atomic E-state index is 7.67. The highest BCUT2D eigenvalue weighted by Crippen LogP contribution is 2.31. The molecular weight excluding hydrogens is 298 g/mol. The Hall–Kier alpha value is -1.81. The minimum atomic E-state index is 0.402. The molecule has 1 aromatic carbocycles. The second-order valence-corrected chi connectivity index (χ2v) is 7.14. The molecule has 0 aliphatic carbocycles. The summed E-state index contributed by atoms with van der Waals surface area (Å²) < 4.78 is 5.72. The number of ether oxygens (including phenoxy) is 1. The number of nitrogens with one attached hydrogen (secondary N) is 1. The first-order valence-corrected chi connectivity index (χ1v) is 9.05. The van der Waals surface area contributed by atoms with Crippen LogP contribution >= 0.6 is 0 Å². The van der Waals surface area contributed by atoms with Crippen LogP contribution in [0.1, 0.15) is 37.9 Å². The molecule has 4 nitrogen and oxygen atoms in total. The van der Waals surface area contributed by atoms with E-state index in [4.69, 9.17) is 10.1 Å². The van der Waals surface area contributed by atoms with E-state index in [1.807, 2.05) is 0 Å². The van der Waals surface area contributed by atoms with E-state index in [9.17, 15) is 0 Å². The normalized spacial score (nSPS) is 20.0. The van der Waals surface area contributed by atoms with Crippen molar-refractivity contribution in [1.82, 2.24) is 9.80 Å². The van der Waals surface area contributed by atoms with Crippen LogP contribution in [0.3, 0.4) is 0 Å². The predicted octanol–water partition coefficient (Wildman–Crippen LogP) is 3.49. The van der Waals surface area contributed by atoms with E-state index in [0.29, 0.717) is 12.0 Å². The van der Waals surface area contributed by atoms with Crippen LogP contribution in [0.25, 0.3) is 0 Å². The first kappa shape index (κ1) is 17.0. The maximum atomic E-state index is 7.67. The van der Waals surface area contributed by atoms with Crippen molar-refractivity contribution >= 4 is 6.21 Å². The van der Waals surface area contributed by atoms with Crippen LogP contribution < -0.4 is 4.74 Å². The fraction of sp³-hybridized carbons (Fsp3) is 0.550. The number of nitrogens with zero attached hydrogens (tertiary/aromatic N) is 2. The molecule has 2 aliphatic rings. The van der Waals surface area contributed by atoms with Gasteiger partial charge in [-0.25, -0.2) is 0 Å². The fourth-order valence-electron chi connectivity index (χ4n) is 3.61. The third-order valence-corrected chi connectivity index (χ3v) is 5.08. The molecule has 1 fully saturated rings. The van der Waals surface area contributed by atoms with E-state index in [1.165, 1.54) is 17.3 Å². The Morgan fingerprint density at radius 1 is 1.17 bits per heavy atom. The standard InChI is InChI=1S/C20H29N3O/c1-15(2)12-19(14-21)23-9-7-22(8-10-23)16(3)18-5-4-17-6-11-24-20(17)13-18/h4-5,12-16,21H,6-11H2,1-3H3/b19-12+,21-14?. The molecule has 1 unspecified atom stereocenters. The lowest BCUT2D eigenvalue weighted by Crippen LogP contribution is -2.46. The van der Waals surface area contributed by atoms with Gasteiger partial charge >= 0.3 is 0 Å². The van der Waals surface area contributed by atoms with E-state index in [0.717, 1.165) is 50.7 Å². The molecule has 0 spiro atoms. The van der Waals surface area contributed by atoms with Gasteiger partial charge in [-0.1, -0.05) is 32.1 Å². The Kier molecular flexibility index (Phi) is 5.24. The lowest BCUT2D eigenvalue weighted by atomic mass is 10.0. The zero-order valence-corrected chi connectivity index (χ0v) is 15.1. The summed E-state index contributed by atoms with van der Waals surface area (Å²) >= 11 is 0. The summed E-state index contributed by atoms with van der Waals surface area (Å²) in [6, 6.07) is 7.11. The highest BCUT2D eigenvalue weighted by molar-refractivity contribution is 5.74. The molecule has 2 aliphatic heterocycles. The second kappa shape index (κ2) is 7.39. The van der Waals surface area contributed by atoms with E-state index in [1.54, 1.807) is 0 Å². The molecule has 1 saturated heterocycles. The maximum Gasteiger partial charge on any atom is 0.122 e. The zero-order chi connectivity index (χ0) is 17.1. The van der Waals surface area contributed by atoms with Crippen molar-refractivity contribution in [3.05, 3.63) is 41.1 Å². The monoisotopic (exact) mass is 327 g/mol. The van der Waals surface area contributed by atoms with Crippen molar-refractivity contribution in [1.29, 1.82) is 5.41 Å². The van der Waals surface area contributed by atoms with Gasteiger partial charge in [0.2, 0.25) is 0 Å². The lowest BCUT2D eigenvalue weighted by Gasteiger charge is -2.39. The van der Waals surface area contributed by atoms with Crippen LogP contribution in [-0.4, -0.2) is 48.8 Å². The van der Waals surface area contributed by atoms with Gasteiger partial charge in [0.1, 0.15) is 5.75 Å². The molecule has 1 aromatic rings. The third-order valence-electron chi connectivity index (χ3n) is 5.08. The molecule has 2 heterocycles. The van der Waals surface area contributed by atoms with Gasteiger partial charge in [0, 0.05) is 44.9 Å². The fourth-order valence-corrected chi connectivity index (χ4v) is 3.61. The van der Waals surface area contributed by atoms with Gasteiger partial charge in [-0.15, -0.1) is 0 Å². The van der Waals surface area contributed by atoms with Crippen molar-refractivity contribution in [2.24, 2.45) is 5.92 Å². The Labute approximate surface area is 145 Å². The summed E-state index contributed by atoms with van der Waals surface area (Å²) in [5.74, 6) is 1.55. The summed E-state index contributed by atoms with van der Waals surface area (Å²) in [4.78, 5) is 4.87. The topological polar surface area (TPSA) is 39.6 Å². The molecule has 0 bridgehead atoms. The minimum absolute atomic E-state index is 0.402. The van der Waals surface area contributed by atoms with Crippen LogP contribution in [0.5, 0.6) is 5.75 Å². The summed E-state index contributed by atoms with van der Waals surface area (Å²) in [6.45, 7) is 11.5. The van der Waals surface area contributed by atoms with Gasteiger partial charge in [0.25, 0.3) is 0 Å². The Balaban J connectivity index is 1.63. The molecule has 130 valence electrons. The van der Waals surface area contributed by atoms with Crippen molar-refractivity contribution < 1.29 is 4.74 Å². The van der Waals surface area contributed by atoms with Crippen LogP contribution in [0.4, 0.5) is 0 Å². The molecule has 1 N–H and O–H groups in total. The van der Waals surface area contributed by atoms with Gasteiger partial charge in [-0.05, 0) is 30.0 Å². The molecule has 4 heteroatoms. The molecule has 24 heavy (non-hydrogen) atoms. The largest absolute Gasteiger partial charge is 0.493 e. The van der Waals surface area contributed by atoms with E-state index in [-0.39, 0.29) is 0 Å². The van der Waals surface area contributed by atoms with Crippen LogP contribution in [-0.2, 0) is 6.42 Å². The quantitative estimate of drug-likeness (QED) is 0.842. The van der Waals surface area contributed by atoms with Crippen molar-refractivity contribution in [2.45, 2.75) is 33.2 Å². The first-order valence-electron chi connectivity index (χ1n) is 9.05. The Bertz CT molecular complexity index is 615. The third kappa shape index (κ3) is 3.64. The predicted molar refractivity (Wildman–Crippen MR) is 98.9 cm³/mol. The van der Waals surface area contributed by atoms with Crippen molar-refractivity contribution in [2.75, 3.05) is 32.8 Å². The molecule has 3 rings (SSSR count). The number of rotatable bonds is 5. The minimum Gasteiger partial charge on any atom is -0.493 e. The summed E-state index contributed by atoms with van der Waals surface area (Å²) in [5.41, 5.74) is 3.74. The molecule has 0 radical (unpaired) electrons. The number of fused-ring (bicyclic) bond motifs is 1. The molecule has 0 saturated carbocycles. The molecule has 0 amide bonds. The lowest BCUT2D eigenvalue weighted by molar-refractivity contribution is 0.126. The van der Waals surface area contributed by atoms with Gasteiger partial charge < -0.3 is 15.0 Å². The number of hydrogen-bond donors (Lipinski definition) is 1. The first-order chi connectivity index (χ1) is 11.6. The SMILES string of the molecule is CC(C)/C=C(\C=N)N1CCN(C(C)c2ccc3c(c2)OCC3)CC1. The summed E-state index contributed by atoms with van der Waals surface area (Å²) in [6.07, 6.45) is 4.72. The van der Waals surface area contributed by atoms with E-state index < -0.39 is 0 Å². The number of piperazine rings is 1. The summed E-state index contributed by atoms with van der Waals surface area (Å²) in [5, 5.41) is 7.67. The number of hydrogen-bond acceptors (Lipinski definition) is 4. The van der Waals surface area contributed by atoms with E-state index in [2.05, 4.69) is 54.8 Å². The Morgan fingerprint density at radius 2 is 1.92 bits per heavy atom. The van der Waals surface area contributed by atoms with Gasteiger partial charge in [-0.3, -0.25) is 4.90 Å². The highest BCUT2D eigenvalue weighted by atomic mass is 16.5. The van der Waals surface area contributed by atoms with Crippen LogP contribution in [0.2, 0.25) is 0 Å². The van der Waals surface area contributed by atoms with Gasteiger partial charge in [0.15, 0.2) is 0 Å². The Morgan fingerprint density at radius 3 is 2.58 bits per heavy atom. The summed E-state index contributed by atoms with van der Waals surface area (Å²) in [7, 11) is 0. The smallest absolute Gasteiger partial charge is 0.122 e. The van der Waals surface area contributed by atoms with Gasteiger partial charge in [0.05, 0.1) is 12.3 Å². The zero-order valence-electron chi connectivity index (χ0n) is 15.1. The molecule has 0 aromatic heterocycles. The van der Waals surface area contributed by atoms with Crippen molar-refractivity contribution in [3.8, 4) is 5.75 Å². The van der Waals surface area contributed by atoms with Crippen LogP contribution in [0, 0.1) is 11.3 Å². The second-order valence-electron chi connectivity index (χ2n) is 7.14. The van der Waals surface area contributed by atoms with E-state index >= 15 is 0 Å². The number of allylic oxidation sites excluding steroid dienone is 2. The average Bonchev–Trinajstić information content (AvgIpc) is 3.06.